The van der Waals surface area contributed by atoms with Gasteiger partial charge in [0.15, 0.2) is 0 Å². The molecule has 0 spiro atoms. The number of halogens is 3. The van der Waals surface area contributed by atoms with Crippen LogP contribution in [0.3, 0.4) is 0 Å². The zero-order valence-electron chi connectivity index (χ0n) is 9.28. The fourth-order valence-corrected chi connectivity index (χ4v) is 2.12. The quantitative estimate of drug-likeness (QED) is 0.597. The lowest BCUT2D eigenvalue weighted by Gasteiger charge is -1.99. The van der Waals surface area contributed by atoms with Crippen LogP contribution in [0, 0.1) is 0 Å². The van der Waals surface area contributed by atoms with E-state index in [0.29, 0.717) is 21.9 Å². The summed E-state index contributed by atoms with van der Waals surface area (Å²) in [7, 11) is 0. The van der Waals surface area contributed by atoms with Crippen LogP contribution in [0.1, 0.15) is 11.1 Å². The van der Waals surface area contributed by atoms with Crippen molar-refractivity contribution in [3.8, 4) is 0 Å². The van der Waals surface area contributed by atoms with Crippen LogP contribution in [0.25, 0.3) is 0 Å². The van der Waals surface area contributed by atoms with Gasteiger partial charge >= 0.3 is 0 Å². The second-order valence-electron chi connectivity index (χ2n) is 3.61. The maximum absolute atomic E-state index is 6.01. The van der Waals surface area contributed by atoms with Crippen molar-refractivity contribution in [2.24, 2.45) is 4.99 Å². The van der Waals surface area contributed by atoms with E-state index >= 15 is 0 Å². The van der Waals surface area contributed by atoms with Crippen molar-refractivity contribution in [1.82, 2.24) is 4.98 Å². The van der Waals surface area contributed by atoms with Gasteiger partial charge in [0, 0.05) is 16.8 Å². The molecule has 2 rings (SSSR count). The average molecular weight is 300 g/mol. The minimum Gasteiger partial charge on any atom is -0.288 e. The van der Waals surface area contributed by atoms with E-state index in [1.807, 2.05) is 24.3 Å². The first-order valence-corrected chi connectivity index (χ1v) is 6.35. The highest BCUT2D eigenvalue weighted by atomic mass is 35.5. The normalized spacial score (nSPS) is 11.1. The zero-order chi connectivity index (χ0) is 13.0. The summed E-state index contributed by atoms with van der Waals surface area (Å²) in [5, 5.41) is 1.41. The number of aromatic nitrogens is 1. The molecule has 2 nitrogen and oxygen atoms in total. The number of hydrogen-bond donors (Lipinski definition) is 0. The van der Waals surface area contributed by atoms with Crippen LogP contribution in [-0.4, -0.2) is 11.2 Å². The highest BCUT2D eigenvalue weighted by Gasteiger charge is 1.99. The first kappa shape index (κ1) is 13.3. The first-order chi connectivity index (χ1) is 8.65. The average Bonchev–Trinajstić information content (AvgIpc) is 2.30. The second kappa shape index (κ2) is 6.19. The van der Waals surface area contributed by atoms with Gasteiger partial charge in [-0.25, -0.2) is 4.98 Å². The summed E-state index contributed by atoms with van der Waals surface area (Å²) in [5.74, 6) is 0. The maximum atomic E-state index is 6.01. The number of aliphatic imine (C=N–C) groups is 1. The van der Waals surface area contributed by atoms with E-state index in [9.17, 15) is 0 Å². The Kier molecular flexibility index (Phi) is 4.59. The fraction of sp³-hybridized carbons (Fsp3) is 0.0769. The van der Waals surface area contributed by atoms with Crippen molar-refractivity contribution in [1.29, 1.82) is 0 Å². The van der Waals surface area contributed by atoms with E-state index in [-0.39, 0.29) is 0 Å². The van der Waals surface area contributed by atoms with E-state index in [4.69, 9.17) is 34.8 Å². The standard InChI is InChI=1S/C13H9Cl3N2/c14-11-4-2-1-3-10(11)8-17-7-9-5-12(15)18-13(16)6-9/h1-6,8H,7H2. The zero-order valence-corrected chi connectivity index (χ0v) is 11.5. The molecule has 0 unspecified atom stereocenters. The lowest BCUT2D eigenvalue weighted by atomic mass is 10.2. The van der Waals surface area contributed by atoms with Gasteiger partial charge in [-0.1, -0.05) is 53.0 Å². The molecular formula is C13H9Cl3N2. The Bertz CT molecular complexity index is 562. The van der Waals surface area contributed by atoms with Gasteiger partial charge in [0.2, 0.25) is 0 Å². The van der Waals surface area contributed by atoms with E-state index in [2.05, 4.69) is 9.98 Å². The Morgan fingerprint density at radius 2 is 1.72 bits per heavy atom. The molecule has 0 saturated heterocycles. The molecule has 0 atom stereocenters. The summed E-state index contributed by atoms with van der Waals surface area (Å²) < 4.78 is 0. The molecule has 0 saturated carbocycles. The maximum Gasteiger partial charge on any atom is 0.131 e. The summed E-state index contributed by atoms with van der Waals surface area (Å²) >= 11 is 17.6. The van der Waals surface area contributed by atoms with Gasteiger partial charge in [-0.05, 0) is 23.8 Å². The molecule has 0 radical (unpaired) electrons. The van der Waals surface area contributed by atoms with Gasteiger partial charge in [0.25, 0.3) is 0 Å². The molecular weight excluding hydrogens is 291 g/mol. The van der Waals surface area contributed by atoms with Crippen LogP contribution in [0.2, 0.25) is 15.3 Å². The van der Waals surface area contributed by atoms with Crippen molar-refractivity contribution in [2.75, 3.05) is 0 Å². The molecule has 18 heavy (non-hydrogen) atoms. The molecule has 0 bridgehead atoms. The number of nitrogens with zero attached hydrogens (tertiary/aromatic N) is 2. The van der Waals surface area contributed by atoms with E-state index in [1.165, 1.54) is 0 Å². The second-order valence-corrected chi connectivity index (χ2v) is 4.79. The summed E-state index contributed by atoms with van der Waals surface area (Å²) in [5.41, 5.74) is 1.79. The summed E-state index contributed by atoms with van der Waals surface area (Å²) in [6.45, 7) is 0.479. The monoisotopic (exact) mass is 298 g/mol. The minimum atomic E-state index is 0.366. The first-order valence-electron chi connectivity index (χ1n) is 5.21. The number of hydrogen-bond acceptors (Lipinski definition) is 2. The van der Waals surface area contributed by atoms with Gasteiger partial charge in [0.05, 0.1) is 6.54 Å². The van der Waals surface area contributed by atoms with E-state index in [0.717, 1.165) is 11.1 Å². The molecule has 1 aromatic heterocycles. The highest BCUT2D eigenvalue weighted by molar-refractivity contribution is 6.33. The largest absolute Gasteiger partial charge is 0.288 e. The topological polar surface area (TPSA) is 25.2 Å². The number of pyridine rings is 1. The summed E-state index contributed by atoms with van der Waals surface area (Å²) in [6, 6.07) is 11.0. The van der Waals surface area contributed by atoms with E-state index < -0.39 is 0 Å². The Morgan fingerprint density at radius 3 is 2.39 bits per heavy atom. The SMILES string of the molecule is Clc1cc(CN=Cc2ccccc2Cl)cc(Cl)n1. The van der Waals surface area contributed by atoms with Gasteiger partial charge in [-0.15, -0.1) is 0 Å². The lowest BCUT2D eigenvalue weighted by Crippen LogP contribution is -1.87. The third-order valence-corrected chi connectivity index (χ3v) is 2.96. The molecule has 0 amide bonds. The molecule has 92 valence electrons. The predicted octanol–water partition coefficient (Wildman–Crippen LogP) is 4.66. The van der Waals surface area contributed by atoms with Crippen LogP contribution in [0.4, 0.5) is 0 Å². The molecule has 0 fully saturated rings. The molecule has 2 aromatic rings. The van der Waals surface area contributed by atoms with Gasteiger partial charge < -0.3 is 0 Å². The van der Waals surface area contributed by atoms with E-state index in [1.54, 1.807) is 18.3 Å². The molecule has 0 aliphatic carbocycles. The third-order valence-electron chi connectivity index (χ3n) is 2.23. The Hall–Kier alpha value is -1.09. The van der Waals surface area contributed by atoms with Gasteiger partial charge in [0.1, 0.15) is 10.3 Å². The number of rotatable bonds is 3. The Balaban J connectivity index is 2.10. The van der Waals surface area contributed by atoms with Crippen LogP contribution >= 0.6 is 34.8 Å². The van der Waals surface area contributed by atoms with Crippen LogP contribution < -0.4 is 0 Å². The van der Waals surface area contributed by atoms with Crippen LogP contribution in [0.5, 0.6) is 0 Å². The van der Waals surface area contributed by atoms with Crippen LogP contribution in [0.15, 0.2) is 41.4 Å². The van der Waals surface area contributed by atoms with Gasteiger partial charge in [-0.3, -0.25) is 4.99 Å². The van der Waals surface area contributed by atoms with Crippen molar-refractivity contribution >= 4 is 41.0 Å². The van der Waals surface area contributed by atoms with Crippen molar-refractivity contribution in [2.45, 2.75) is 6.54 Å². The smallest absolute Gasteiger partial charge is 0.131 e. The Labute approximate surface area is 120 Å². The van der Waals surface area contributed by atoms with Crippen LogP contribution in [-0.2, 0) is 6.54 Å². The minimum absolute atomic E-state index is 0.366. The fourth-order valence-electron chi connectivity index (χ4n) is 1.43. The van der Waals surface area contributed by atoms with Crippen molar-refractivity contribution in [3.63, 3.8) is 0 Å². The van der Waals surface area contributed by atoms with Crippen molar-refractivity contribution < 1.29 is 0 Å². The molecule has 0 aliphatic heterocycles. The molecule has 1 heterocycles. The molecule has 1 aromatic carbocycles. The summed E-state index contributed by atoms with van der Waals surface area (Å²) in [4.78, 5) is 8.17. The highest BCUT2D eigenvalue weighted by Crippen LogP contribution is 2.16. The van der Waals surface area contributed by atoms with Crippen molar-refractivity contribution in [3.05, 3.63) is 62.9 Å². The predicted molar refractivity (Wildman–Crippen MR) is 77.0 cm³/mol. The third kappa shape index (κ3) is 3.70. The number of benzene rings is 1. The molecule has 0 aliphatic rings. The Morgan fingerprint density at radius 1 is 1.06 bits per heavy atom. The van der Waals surface area contributed by atoms with Gasteiger partial charge in [-0.2, -0.15) is 0 Å². The summed E-state index contributed by atoms with van der Waals surface area (Å²) in [6.07, 6.45) is 1.73. The molecule has 0 N–H and O–H groups in total. The lowest BCUT2D eigenvalue weighted by molar-refractivity contribution is 1.06. The molecule has 5 heteroatoms.